The van der Waals surface area contributed by atoms with Crippen molar-refractivity contribution in [1.82, 2.24) is 9.80 Å². The van der Waals surface area contributed by atoms with Crippen LogP contribution in [0.15, 0.2) is 0 Å². The highest BCUT2D eigenvalue weighted by atomic mass is 32.1. The predicted octanol–water partition coefficient (Wildman–Crippen LogP) is 1.10. The van der Waals surface area contributed by atoms with Crippen LogP contribution in [0.25, 0.3) is 0 Å². The highest BCUT2D eigenvalue weighted by Crippen LogP contribution is 2.11. The summed E-state index contributed by atoms with van der Waals surface area (Å²) in [5.41, 5.74) is 5.62. The maximum absolute atomic E-state index is 12.3. The number of nitrogens with two attached hydrogens (primary N) is 1. The second-order valence-corrected chi connectivity index (χ2v) is 5.07. The molecule has 0 heterocycles. The lowest BCUT2D eigenvalue weighted by Gasteiger charge is -2.32. The molecule has 0 aliphatic carbocycles. The van der Waals surface area contributed by atoms with Crippen LogP contribution in [0.3, 0.4) is 0 Å². The van der Waals surface area contributed by atoms with Crippen LogP contribution in [0, 0.1) is 5.92 Å². The van der Waals surface area contributed by atoms with Crippen molar-refractivity contribution in [2.45, 2.75) is 33.2 Å². The summed E-state index contributed by atoms with van der Waals surface area (Å²) in [6.07, 6.45) is 0.666. The molecule has 2 atom stereocenters. The van der Waals surface area contributed by atoms with Crippen molar-refractivity contribution in [2.24, 2.45) is 11.7 Å². The fourth-order valence-electron chi connectivity index (χ4n) is 2.01. The average Bonchev–Trinajstić information content (AvgIpc) is 2.17. The van der Waals surface area contributed by atoms with Gasteiger partial charge in [0.2, 0.25) is 5.91 Å². The van der Waals surface area contributed by atoms with Crippen LogP contribution < -0.4 is 5.73 Å². The highest BCUT2D eigenvalue weighted by Gasteiger charge is 2.27. The minimum Gasteiger partial charge on any atom is -0.393 e. The number of rotatable bonds is 7. The van der Waals surface area contributed by atoms with E-state index in [1.807, 2.05) is 39.8 Å². The van der Waals surface area contributed by atoms with Crippen molar-refractivity contribution in [3.8, 4) is 0 Å². The molecule has 2 N–H and O–H groups in total. The van der Waals surface area contributed by atoms with E-state index in [4.69, 9.17) is 18.0 Å². The first-order chi connectivity index (χ1) is 7.84. The molecule has 0 aliphatic heterocycles. The third-order valence-corrected chi connectivity index (χ3v) is 3.12. The van der Waals surface area contributed by atoms with Crippen molar-refractivity contribution < 1.29 is 4.79 Å². The van der Waals surface area contributed by atoms with Gasteiger partial charge in [-0.15, -0.1) is 0 Å². The number of hydrogen-bond acceptors (Lipinski definition) is 3. The molecule has 0 radical (unpaired) electrons. The Morgan fingerprint density at radius 2 is 1.88 bits per heavy atom. The van der Waals surface area contributed by atoms with E-state index < -0.39 is 0 Å². The summed E-state index contributed by atoms with van der Waals surface area (Å²) in [5.74, 6) is -0.272. The van der Waals surface area contributed by atoms with Gasteiger partial charge in [-0.25, -0.2) is 0 Å². The normalized spacial score (nSPS) is 14.5. The molecule has 0 aromatic heterocycles. The molecule has 0 aliphatic rings. The molecule has 0 spiro atoms. The standard InChI is InChI=1S/C12H25N3OS/c1-6-10(11(13)17)12(16)15(7-2)9(3)8-14(4)5/h9-10H,6-8H2,1-5H3,(H2,13,17). The average molecular weight is 259 g/mol. The van der Waals surface area contributed by atoms with E-state index in [9.17, 15) is 4.79 Å². The molecule has 0 bridgehead atoms. The van der Waals surface area contributed by atoms with Gasteiger partial charge in [0.1, 0.15) is 0 Å². The minimum atomic E-state index is -0.324. The van der Waals surface area contributed by atoms with Crippen molar-refractivity contribution in [3.05, 3.63) is 0 Å². The molecular weight excluding hydrogens is 234 g/mol. The molecule has 0 aromatic carbocycles. The number of carbonyl (C=O) groups is 1. The largest absolute Gasteiger partial charge is 0.393 e. The summed E-state index contributed by atoms with van der Waals surface area (Å²) in [6, 6.07) is 0.172. The van der Waals surface area contributed by atoms with E-state index in [1.54, 1.807) is 0 Å². The van der Waals surface area contributed by atoms with Crippen LogP contribution in [-0.4, -0.2) is 53.9 Å². The third-order valence-electron chi connectivity index (χ3n) is 2.83. The maximum atomic E-state index is 12.3. The van der Waals surface area contributed by atoms with Gasteiger partial charge in [-0.1, -0.05) is 19.1 Å². The van der Waals surface area contributed by atoms with Crippen molar-refractivity contribution in [1.29, 1.82) is 0 Å². The summed E-state index contributed by atoms with van der Waals surface area (Å²) in [6.45, 7) is 7.50. The summed E-state index contributed by atoms with van der Waals surface area (Å²) < 4.78 is 0. The van der Waals surface area contributed by atoms with Crippen LogP contribution in [0.1, 0.15) is 27.2 Å². The molecule has 17 heavy (non-hydrogen) atoms. The zero-order valence-electron chi connectivity index (χ0n) is 11.6. The number of amides is 1. The van der Waals surface area contributed by atoms with Crippen LogP contribution >= 0.6 is 12.2 Å². The molecule has 0 saturated carbocycles. The Labute approximate surface area is 110 Å². The first-order valence-electron chi connectivity index (χ1n) is 6.09. The second kappa shape index (κ2) is 7.61. The lowest BCUT2D eigenvalue weighted by molar-refractivity contribution is -0.135. The monoisotopic (exact) mass is 259 g/mol. The molecule has 5 heteroatoms. The Kier molecular flexibility index (Phi) is 7.30. The topological polar surface area (TPSA) is 49.6 Å². The number of hydrogen-bond donors (Lipinski definition) is 1. The highest BCUT2D eigenvalue weighted by molar-refractivity contribution is 7.80. The molecule has 100 valence electrons. The van der Waals surface area contributed by atoms with E-state index >= 15 is 0 Å². The summed E-state index contributed by atoms with van der Waals surface area (Å²) in [7, 11) is 4.00. The van der Waals surface area contributed by atoms with Crippen LogP contribution in [-0.2, 0) is 4.79 Å². The Hall–Kier alpha value is -0.680. The number of carbonyl (C=O) groups excluding carboxylic acids is 1. The molecule has 0 aromatic rings. The predicted molar refractivity (Wildman–Crippen MR) is 76.0 cm³/mol. The maximum Gasteiger partial charge on any atom is 0.232 e. The quantitative estimate of drug-likeness (QED) is 0.696. The Balaban J connectivity index is 4.74. The van der Waals surface area contributed by atoms with Crippen molar-refractivity contribution >= 4 is 23.1 Å². The van der Waals surface area contributed by atoms with Gasteiger partial charge in [0.05, 0.1) is 10.9 Å². The van der Waals surface area contributed by atoms with E-state index in [-0.39, 0.29) is 17.9 Å². The first kappa shape index (κ1) is 16.3. The molecule has 0 fully saturated rings. The fourth-order valence-corrected chi connectivity index (χ4v) is 2.28. The second-order valence-electron chi connectivity index (χ2n) is 4.60. The summed E-state index contributed by atoms with van der Waals surface area (Å²) >= 11 is 4.95. The smallest absolute Gasteiger partial charge is 0.232 e. The van der Waals surface area contributed by atoms with Gasteiger partial charge in [-0.05, 0) is 34.4 Å². The third kappa shape index (κ3) is 5.00. The van der Waals surface area contributed by atoms with Gasteiger partial charge >= 0.3 is 0 Å². The molecule has 0 saturated heterocycles. The number of thiocarbonyl (C=S) groups is 1. The zero-order valence-corrected chi connectivity index (χ0v) is 12.4. The summed E-state index contributed by atoms with van der Waals surface area (Å²) in [5, 5.41) is 0. The van der Waals surface area contributed by atoms with Crippen LogP contribution in [0.4, 0.5) is 0 Å². The lowest BCUT2D eigenvalue weighted by Crippen LogP contribution is -2.48. The first-order valence-corrected chi connectivity index (χ1v) is 6.50. The van der Waals surface area contributed by atoms with Gasteiger partial charge in [0.15, 0.2) is 0 Å². The van der Waals surface area contributed by atoms with Gasteiger partial charge in [0, 0.05) is 19.1 Å². The Bertz CT molecular complexity index is 268. The molecule has 1 amide bonds. The van der Waals surface area contributed by atoms with Gasteiger partial charge in [0.25, 0.3) is 0 Å². The molecule has 0 rings (SSSR count). The van der Waals surface area contributed by atoms with E-state index in [0.29, 0.717) is 18.0 Å². The van der Waals surface area contributed by atoms with E-state index in [0.717, 1.165) is 6.54 Å². The zero-order chi connectivity index (χ0) is 13.6. The van der Waals surface area contributed by atoms with Gasteiger partial charge in [-0.2, -0.15) is 0 Å². The molecule has 2 unspecified atom stereocenters. The summed E-state index contributed by atoms with van der Waals surface area (Å²) in [4.78, 5) is 16.5. The van der Waals surface area contributed by atoms with Gasteiger partial charge in [-0.3, -0.25) is 4.79 Å². The lowest BCUT2D eigenvalue weighted by atomic mass is 10.0. The SMILES string of the molecule is CCC(C(=O)N(CC)C(C)CN(C)C)C(N)=S. The number of nitrogens with zero attached hydrogens (tertiary/aromatic N) is 2. The van der Waals surface area contributed by atoms with Crippen molar-refractivity contribution in [2.75, 3.05) is 27.2 Å². The van der Waals surface area contributed by atoms with E-state index in [2.05, 4.69) is 4.90 Å². The Morgan fingerprint density at radius 1 is 1.35 bits per heavy atom. The fraction of sp³-hybridized carbons (Fsp3) is 0.833. The van der Waals surface area contributed by atoms with Crippen LogP contribution in [0.2, 0.25) is 0 Å². The van der Waals surface area contributed by atoms with Gasteiger partial charge < -0.3 is 15.5 Å². The van der Waals surface area contributed by atoms with Crippen LogP contribution in [0.5, 0.6) is 0 Å². The van der Waals surface area contributed by atoms with E-state index in [1.165, 1.54) is 0 Å². The minimum absolute atomic E-state index is 0.0526. The van der Waals surface area contributed by atoms with Crippen molar-refractivity contribution in [3.63, 3.8) is 0 Å². The number of likely N-dealkylation sites (N-methyl/N-ethyl adjacent to an activating group) is 2. The molecule has 4 nitrogen and oxygen atoms in total. The molecular formula is C12H25N3OS. The Morgan fingerprint density at radius 3 is 2.18 bits per heavy atom.